The number of methoxy groups -OCH3 is 1. The Hall–Kier alpha value is -0.380. The van der Waals surface area contributed by atoms with E-state index in [1.54, 1.807) is 13.2 Å². The van der Waals surface area contributed by atoms with Crippen molar-refractivity contribution in [1.29, 1.82) is 0 Å². The molecule has 0 fully saturated rings. The lowest BCUT2D eigenvalue weighted by atomic mass is 10.1. The third-order valence-electron chi connectivity index (χ3n) is 1.44. The molecule has 0 rings (SSSR count). The van der Waals surface area contributed by atoms with Crippen LogP contribution in [-0.4, -0.2) is 29.3 Å². The summed E-state index contributed by atoms with van der Waals surface area (Å²) in [6, 6.07) is 0. The molecule has 0 aliphatic heterocycles. The molecule has 0 saturated heterocycles. The molecule has 0 aromatic rings. The highest BCUT2D eigenvalue weighted by Gasteiger charge is 2.12. The van der Waals surface area contributed by atoms with Crippen molar-refractivity contribution in [2.24, 2.45) is 5.92 Å². The fourth-order valence-electron chi connectivity index (χ4n) is 0.662. The minimum absolute atomic E-state index is 0.135. The average molecular weight is 178 g/mol. The molecular weight excluding hydrogens is 164 g/mol. The molecule has 0 spiro atoms. The molecule has 11 heavy (non-hydrogen) atoms. The molecule has 0 radical (unpaired) electrons. The van der Waals surface area contributed by atoms with E-state index >= 15 is 0 Å². The Morgan fingerprint density at radius 2 is 2.18 bits per heavy atom. The Balaban J connectivity index is 3.60. The lowest BCUT2D eigenvalue weighted by molar-refractivity contribution is -0.144. The summed E-state index contributed by atoms with van der Waals surface area (Å²) in [6.45, 7) is 1.78. The zero-order chi connectivity index (χ0) is 8.85. The van der Waals surface area contributed by atoms with Crippen molar-refractivity contribution in [3.63, 3.8) is 0 Å². The van der Waals surface area contributed by atoms with Crippen LogP contribution in [0.1, 0.15) is 13.3 Å². The van der Waals surface area contributed by atoms with E-state index in [0.29, 0.717) is 12.2 Å². The van der Waals surface area contributed by atoms with E-state index in [2.05, 4.69) is 4.74 Å². The summed E-state index contributed by atoms with van der Waals surface area (Å²) in [5, 5.41) is 0. The Labute approximate surface area is 69.6 Å². The molecule has 0 N–H and O–H groups in total. The number of rotatable bonds is 4. The topological polar surface area (TPSA) is 43.4 Å². The smallest absolute Gasteiger partial charge is 0.308 e. The molecule has 4 heteroatoms. The SMILES string of the molecule is COC(=O)C(C)CCS(C)=O. The van der Waals surface area contributed by atoms with E-state index in [4.69, 9.17) is 0 Å². The van der Waals surface area contributed by atoms with Crippen LogP contribution in [0, 0.1) is 5.92 Å². The maximum absolute atomic E-state index is 10.8. The maximum atomic E-state index is 10.8. The molecule has 0 aliphatic rings. The number of hydrogen-bond donors (Lipinski definition) is 0. The van der Waals surface area contributed by atoms with Gasteiger partial charge in [0, 0.05) is 22.8 Å². The Bertz CT molecular complexity index is 156. The van der Waals surface area contributed by atoms with E-state index in [-0.39, 0.29) is 11.9 Å². The highest BCUT2D eigenvalue weighted by Crippen LogP contribution is 2.03. The van der Waals surface area contributed by atoms with E-state index in [9.17, 15) is 9.00 Å². The van der Waals surface area contributed by atoms with Gasteiger partial charge in [0.05, 0.1) is 13.0 Å². The molecule has 0 aromatic heterocycles. The second-order valence-electron chi connectivity index (χ2n) is 2.49. The number of esters is 1. The second kappa shape index (κ2) is 5.29. The first-order chi connectivity index (χ1) is 5.07. The van der Waals surface area contributed by atoms with Crippen LogP contribution in [0.25, 0.3) is 0 Å². The minimum Gasteiger partial charge on any atom is -0.469 e. The van der Waals surface area contributed by atoms with Gasteiger partial charge in [-0.15, -0.1) is 0 Å². The van der Waals surface area contributed by atoms with Crippen LogP contribution in [0.4, 0.5) is 0 Å². The van der Waals surface area contributed by atoms with Gasteiger partial charge in [-0.1, -0.05) is 6.92 Å². The van der Waals surface area contributed by atoms with Crippen molar-refractivity contribution in [3.8, 4) is 0 Å². The Kier molecular flexibility index (Phi) is 5.11. The zero-order valence-electron chi connectivity index (χ0n) is 7.12. The molecule has 66 valence electrons. The molecule has 2 atom stereocenters. The summed E-state index contributed by atoms with van der Waals surface area (Å²) in [6.07, 6.45) is 2.26. The van der Waals surface area contributed by atoms with Gasteiger partial charge in [0.25, 0.3) is 0 Å². The van der Waals surface area contributed by atoms with Gasteiger partial charge in [-0.3, -0.25) is 9.00 Å². The highest BCUT2D eigenvalue weighted by molar-refractivity contribution is 7.84. The number of carbonyl (C=O) groups is 1. The van der Waals surface area contributed by atoms with E-state index < -0.39 is 10.8 Å². The standard InChI is InChI=1S/C7H14O3S/c1-6(7(8)10-2)4-5-11(3)9/h6H,4-5H2,1-3H3. The molecule has 0 aromatic carbocycles. The van der Waals surface area contributed by atoms with Crippen molar-refractivity contribution >= 4 is 16.8 Å². The van der Waals surface area contributed by atoms with Crippen LogP contribution in [0.2, 0.25) is 0 Å². The van der Waals surface area contributed by atoms with Gasteiger partial charge in [-0.2, -0.15) is 0 Å². The van der Waals surface area contributed by atoms with Crippen LogP contribution < -0.4 is 0 Å². The summed E-state index contributed by atoms with van der Waals surface area (Å²) >= 11 is 0. The third kappa shape index (κ3) is 4.95. The summed E-state index contributed by atoms with van der Waals surface area (Å²) in [5.74, 6) is 0.204. The molecule has 0 bridgehead atoms. The van der Waals surface area contributed by atoms with Crippen LogP contribution >= 0.6 is 0 Å². The molecule has 0 heterocycles. The van der Waals surface area contributed by atoms with Crippen molar-refractivity contribution in [2.75, 3.05) is 19.1 Å². The van der Waals surface area contributed by atoms with E-state index in [1.165, 1.54) is 7.11 Å². The quantitative estimate of drug-likeness (QED) is 0.591. The summed E-state index contributed by atoms with van der Waals surface area (Å²) < 4.78 is 15.1. The number of ether oxygens (including phenoxy) is 1. The van der Waals surface area contributed by atoms with Gasteiger partial charge >= 0.3 is 5.97 Å². The van der Waals surface area contributed by atoms with E-state index in [1.807, 2.05) is 0 Å². The maximum Gasteiger partial charge on any atom is 0.308 e. The summed E-state index contributed by atoms with van der Waals surface area (Å²) in [4.78, 5) is 10.8. The molecular formula is C7H14O3S. The number of hydrogen-bond acceptors (Lipinski definition) is 3. The minimum atomic E-state index is -0.812. The van der Waals surface area contributed by atoms with Crippen molar-refractivity contribution in [3.05, 3.63) is 0 Å². The average Bonchev–Trinajstić information content (AvgIpc) is 1.98. The molecule has 2 unspecified atom stereocenters. The van der Waals surface area contributed by atoms with Crippen molar-refractivity contribution in [2.45, 2.75) is 13.3 Å². The first kappa shape index (κ1) is 10.6. The van der Waals surface area contributed by atoms with Gasteiger partial charge in [0.15, 0.2) is 0 Å². The molecule has 0 aliphatic carbocycles. The first-order valence-electron chi connectivity index (χ1n) is 3.45. The lowest BCUT2D eigenvalue weighted by Crippen LogP contribution is -2.14. The van der Waals surface area contributed by atoms with Crippen molar-refractivity contribution < 1.29 is 13.7 Å². The summed E-state index contributed by atoms with van der Waals surface area (Å²) in [5.41, 5.74) is 0. The fraction of sp³-hybridized carbons (Fsp3) is 0.857. The fourth-order valence-corrected chi connectivity index (χ4v) is 1.35. The Morgan fingerprint density at radius 3 is 2.55 bits per heavy atom. The third-order valence-corrected chi connectivity index (χ3v) is 2.25. The van der Waals surface area contributed by atoms with Crippen LogP contribution in [0.15, 0.2) is 0 Å². The van der Waals surface area contributed by atoms with Gasteiger partial charge in [0.2, 0.25) is 0 Å². The summed E-state index contributed by atoms with van der Waals surface area (Å²) in [7, 11) is 0.550. The molecule has 0 amide bonds. The van der Waals surface area contributed by atoms with Gasteiger partial charge in [-0.25, -0.2) is 0 Å². The predicted octanol–water partition coefficient (Wildman–Crippen LogP) is 0.564. The number of carbonyl (C=O) groups excluding carboxylic acids is 1. The van der Waals surface area contributed by atoms with Crippen LogP contribution in [0.3, 0.4) is 0 Å². The van der Waals surface area contributed by atoms with Gasteiger partial charge < -0.3 is 4.74 Å². The predicted molar refractivity (Wildman–Crippen MR) is 44.7 cm³/mol. The normalized spacial score (nSPS) is 15.5. The molecule has 3 nitrogen and oxygen atoms in total. The zero-order valence-corrected chi connectivity index (χ0v) is 7.94. The largest absolute Gasteiger partial charge is 0.469 e. The first-order valence-corrected chi connectivity index (χ1v) is 5.18. The Morgan fingerprint density at radius 1 is 1.64 bits per heavy atom. The van der Waals surface area contributed by atoms with Gasteiger partial charge in [0.1, 0.15) is 0 Å². The van der Waals surface area contributed by atoms with Gasteiger partial charge in [-0.05, 0) is 6.42 Å². The molecule has 0 saturated carbocycles. The van der Waals surface area contributed by atoms with Crippen molar-refractivity contribution in [1.82, 2.24) is 0 Å². The van der Waals surface area contributed by atoms with E-state index in [0.717, 1.165) is 0 Å². The lowest BCUT2D eigenvalue weighted by Gasteiger charge is -2.06. The van der Waals surface area contributed by atoms with Crippen LogP contribution in [-0.2, 0) is 20.3 Å². The highest BCUT2D eigenvalue weighted by atomic mass is 32.2. The van der Waals surface area contributed by atoms with Crippen LogP contribution in [0.5, 0.6) is 0 Å². The monoisotopic (exact) mass is 178 g/mol. The second-order valence-corrected chi connectivity index (χ2v) is 4.04.